The van der Waals surface area contributed by atoms with E-state index in [1.54, 1.807) is 23.5 Å². The molecule has 1 aliphatic carbocycles. The van der Waals surface area contributed by atoms with Gasteiger partial charge in [0, 0.05) is 10.4 Å². The summed E-state index contributed by atoms with van der Waals surface area (Å²) < 4.78 is 12.8. The number of hydrogen-bond acceptors (Lipinski definition) is 3. The third kappa shape index (κ3) is 1.87. The molecule has 17 heavy (non-hydrogen) atoms. The fourth-order valence-corrected chi connectivity index (χ4v) is 3.17. The van der Waals surface area contributed by atoms with Gasteiger partial charge in [-0.1, -0.05) is 0 Å². The van der Waals surface area contributed by atoms with E-state index < -0.39 is 0 Å². The Morgan fingerprint density at radius 1 is 1.29 bits per heavy atom. The van der Waals surface area contributed by atoms with Crippen molar-refractivity contribution in [3.63, 3.8) is 0 Å². The fraction of sp³-hybridized carbons (Fsp3) is 0.308. The molecule has 0 bridgehead atoms. The second kappa shape index (κ2) is 3.62. The molecule has 0 unspecified atom stereocenters. The number of aryl methyl sites for hydroxylation is 1. The Bertz CT molecular complexity index is 555. The maximum absolute atomic E-state index is 12.8. The zero-order valence-corrected chi connectivity index (χ0v) is 10.4. The topological polar surface area (TPSA) is 38.9 Å². The summed E-state index contributed by atoms with van der Waals surface area (Å²) in [5, 5.41) is 0.925. The van der Waals surface area contributed by atoms with Gasteiger partial charge in [0.05, 0.1) is 11.2 Å². The van der Waals surface area contributed by atoms with E-state index in [-0.39, 0.29) is 11.4 Å². The molecule has 1 fully saturated rings. The Balaban J connectivity index is 2.02. The SMILES string of the molecule is Cc1nc(-c2ccc(F)cc2)sc1C1(N)CC1. The third-order valence-electron chi connectivity index (χ3n) is 3.13. The van der Waals surface area contributed by atoms with E-state index in [4.69, 9.17) is 5.73 Å². The van der Waals surface area contributed by atoms with Crippen LogP contribution in [0, 0.1) is 12.7 Å². The van der Waals surface area contributed by atoms with Crippen LogP contribution in [0.1, 0.15) is 23.4 Å². The first-order valence-electron chi connectivity index (χ1n) is 5.61. The number of benzene rings is 1. The van der Waals surface area contributed by atoms with Gasteiger partial charge in [0.2, 0.25) is 0 Å². The first-order valence-corrected chi connectivity index (χ1v) is 6.43. The summed E-state index contributed by atoms with van der Waals surface area (Å²) in [5.41, 5.74) is 8.02. The average molecular weight is 248 g/mol. The van der Waals surface area contributed by atoms with Gasteiger partial charge in [-0.05, 0) is 44.0 Å². The predicted octanol–water partition coefficient (Wildman–Crippen LogP) is 3.21. The number of halogens is 1. The number of hydrogen-bond donors (Lipinski definition) is 1. The molecule has 1 aromatic carbocycles. The van der Waals surface area contributed by atoms with Gasteiger partial charge in [0.15, 0.2) is 0 Å². The van der Waals surface area contributed by atoms with Crippen LogP contribution in [0.15, 0.2) is 24.3 Å². The molecule has 2 N–H and O–H groups in total. The van der Waals surface area contributed by atoms with Crippen molar-refractivity contribution in [1.82, 2.24) is 4.98 Å². The predicted molar refractivity (Wildman–Crippen MR) is 67.3 cm³/mol. The van der Waals surface area contributed by atoms with Crippen LogP contribution in [-0.4, -0.2) is 4.98 Å². The van der Waals surface area contributed by atoms with E-state index in [9.17, 15) is 4.39 Å². The van der Waals surface area contributed by atoms with E-state index in [0.717, 1.165) is 29.1 Å². The number of thiazole rings is 1. The molecular formula is C13H13FN2S. The van der Waals surface area contributed by atoms with Crippen molar-refractivity contribution in [2.45, 2.75) is 25.3 Å². The summed E-state index contributed by atoms with van der Waals surface area (Å²) in [6.45, 7) is 1.99. The van der Waals surface area contributed by atoms with Crippen molar-refractivity contribution in [3.05, 3.63) is 40.7 Å². The molecule has 3 rings (SSSR count). The van der Waals surface area contributed by atoms with E-state index in [2.05, 4.69) is 4.98 Å². The summed E-state index contributed by atoms with van der Waals surface area (Å²) in [6.07, 6.45) is 2.08. The van der Waals surface area contributed by atoms with Crippen molar-refractivity contribution < 1.29 is 4.39 Å². The monoisotopic (exact) mass is 248 g/mol. The van der Waals surface area contributed by atoms with Crippen LogP contribution in [0.3, 0.4) is 0 Å². The highest BCUT2D eigenvalue weighted by Gasteiger charge is 2.43. The lowest BCUT2D eigenvalue weighted by atomic mass is 10.2. The van der Waals surface area contributed by atoms with Gasteiger partial charge in [0.1, 0.15) is 10.8 Å². The third-order valence-corrected chi connectivity index (χ3v) is 4.56. The average Bonchev–Trinajstić information content (AvgIpc) is 2.91. The molecule has 1 aromatic heterocycles. The molecule has 2 nitrogen and oxygen atoms in total. The van der Waals surface area contributed by atoms with Gasteiger partial charge in [-0.2, -0.15) is 0 Å². The van der Waals surface area contributed by atoms with Crippen LogP contribution in [-0.2, 0) is 5.54 Å². The van der Waals surface area contributed by atoms with Gasteiger partial charge in [0.25, 0.3) is 0 Å². The minimum atomic E-state index is -0.222. The lowest BCUT2D eigenvalue weighted by molar-refractivity contribution is 0.628. The highest BCUT2D eigenvalue weighted by molar-refractivity contribution is 7.15. The Hall–Kier alpha value is -1.26. The maximum atomic E-state index is 12.8. The summed E-state index contributed by atoms with van der Waals surface area (Å²) in [7, 11) is 0. The highest BCUT2D eigenvalue weighted by atomic mass is 32.1. The number of nitrogens with zero attached hydrogens (tertiary/aromatic N) is 1. The zero-order valence-electron chi connectivity index (χ0n) is 9.53. The van der Waals surface area contributed by atoms with Crippen LogP contribution in [0.4, 0.5) is 4.39 Å². The molecule has 0 saturated heterocycles. The molecule has 88 valence electrons. The van der Waals surface area contributed by atoms with Gasteiger partial charge in [-0.25, -0.2) is 9.37 Å². The molecule has 0 amide bonds. The first-order chi connectivity index (χ1) is 8.08. The van der Waals surface area contributed by atoms with Crippen LogP contribution in [0.5, 0.6) is 0 Å². The fourth-order valence-electron chi connectivity index (χ4n) is 1.94. The first kappa shape index (κ1) is 10.9. The van der Waals surface area contributed by atoms with Crippen LogP contribution >= 0.6 is 11.3 Å². The van der Waals surface area contributed by atoms with Crippen molar-refractivity contribution >= 4 is 11.3 Å². The molecule has 0 radical (unpaired) electrons. The molecule has 4 heteroatoms. The lowest BCUT2D eigenvalue weighted by Gasteiger charge is -2.04. The minimum Gasteiger partial charge on any atom is -0.321 e. The zero-order chi connectivity index (χ0) is 12.0. The number of nitrogens with two attached hydrogens (primary N) is 1. The second-order valence-electron chi connectivity index (χ2n) is 4.60. The molecule has 0 aliphatic heterocycles. The number of rotatable bonds is 2. The van der Waals surface area contributed by atoms with Crippen molar-refractivity contribution in [2.24, 2.45) is 5.73 Å². The van der Waals surface area contributed by atoms with Gasteiger partial charge in [-0.3, -0.25) is 0 Å². The van der Waals surface area contributed by atoms with E-state index in [1.165, 1.54) is 17.0 Å². The standard InChI is InChI=1S/C13H13FN2S/c1-8-11(13(15)6-7-13)17-12(16-8)9-2-4-10(14)5-3-9/h2-5H,6-7,15H2,1H3. The molecule has 2 aromatic rings. The molecule has 0 spiro atoms. The Kier molecular flexibility index (Phi) is 2.31. The molecular weight excluding hydrogens is 235 g/mol. The highest BCUT2D eigenvalue weighted by Crippen LogP contribution is 2.47. The Labute approximate surface area is 103 Å². The summed E-state index contributed by atoms with van der Waals surface area (Å²) >= 11 is 1.63. The molecule has 1 heterocycles. The molecule has 1 aliphatic rings. The van der Waals surface area contributed by atoms with Crippen LogP contribution in [0.2, 0.25) is 0 Å². The van der Waals surface area contributed by atoms with Crippen molar-refractivity contribution in [1.29, 1.82) is 0 Å². The van der Waals surface area contributed by atoms with Gasteiger partial charge >= 0.3 is 0 Å². The summed E-state index contributed by atoms with van der Waals surface area (Å²) in [4.78, 5) is 5.71. The largest absolute Gasteiger partial charge is 0.321 e. The van der Waals surface area contributed by atoms with Crippen LogP contribution < -0.4 is 5.73 Å². The quantitative estimate of drug-likeness (QED) is 0.886. The number of aromatic nitrogens is 1. The van der Waals surface area contributed by atoms with E-state index in [1.807, 2.05) is 6.92 Å². The van der Waals surface area contributed by atoms with Crippen molar-refractivity contribution in [3.8, 4) is 10.6 Å². The Morgan fingerprint density at radius 3 is 2.53 bits per heavy atom. The molecule has 0 atom stereocenters. The smallest absolute Gasteiger partial charge is 0.123 e. The Morgan fingerprint density at radius 2 is 1.94 bits per heavy atom. The lowest BCUT2D eigenvalue weighted by Crippen LogP contribution is -2.18. The molecule has 1 saturated carbocycles. The maximum Gasteiger partial charge on any atom is 0.123 e. The minimum absolute atomic E-state index is 0.139. The summed E-state index contributed by atoms with van der Waals surface area (Å²) in [6, 6.07) is 6.43. The van der Waals surface area contributed by atoms with Gasteiger partial charge < -0.3 is 5.73 Å². The van der Waals surface area contributed by atoms with Crippen molar-refractivity contribution in [2.75, 3.05) is 0 Å². The summed E-state index contributed by atoms with van der Waals surface area (Å²) in [5.74, 6) is -0.222. The van der Waals surface area contributed by atoms with Crippen LogP contribution in [0.25, 0.3) is 10.6 Å². The van der Waals surface area contributed by atoms with E-state index >= 15 is 0 Å². The van der Waals surface area contributed by atoms with Gasteiger partial charge in [-0.15, -0.1) is 11.3 Å². The second-order valence-corrected chi connectivity index (χ2v) is 5.60. The van der Waals surface area contributed by atoms with E-state index in [0.29, 0.717) is 0 Å². The normalized spacial score (nSPS) is 17.1.